The van der Waals surface area contributed by atoms with Crippen LogP contribution < -0.4 is 4.74 Å². The Hall–Kier alpha value is -3.07. The van der Waals surface area contributed by atoms with Gasteiger partial charge in [0.25, 0.3) is 0 Å². The molecule has 0 amide bonds. The van der Waals surface area contributed by atoms with Crippen LogP contribution in [0.15, 0.2) is 42.5 Å². The molecule has 184 valence electrons. The number of aromatic amines is 1. The van der Waals surface area contributed by atoms with Crippen LogP contribution in [0.2, 0.25) is 0 Å². The number of halogens is 4. The number of alkyl halides is 3. The largest absolute Gasteiger partial charge is 0.496 e. The lowest BCUT2D eigenvalue weighted by Gasteiger charge is -2.38. The van der Waals surface area contributed by atoms with Crippen molar-refractivity contribution in [2.45, 2.75) is 50.8 Å². The molecular weight excluding hydrogens is 454 g/mol. The molecule has 0 bridgehead atoms. The van der Waals surface area contributed by atoms with Gasteiger partial charge in [0, 0.05) is 28.6 Å². The minimum Gasteiger partial charge on any atom is -0.496 e. The molecule has 0 aliphatic carbocycles. The summed E-state index contributed by atoms with van der Waals surface area (Å²) in [5.74, 6) is -0.926. The number of aliphatic hydroxyl groups is 1. The summed E-state index contributed by atoms with van der Waals surface area (Å²) in [6, 6.07) is 9.68. The SMILES string of the molecule is CCOC(=O)c1ccc2[nH]c(CC(O)(CC(C)(C)c3cc(F)ccc3OC)C(F)(F)F)cc2c1. The third kappa shape index (κ3) is 5.19. The number of benzene rings is 2. The zero-order valence-corrected chi connectivity index (χ0v) is 19.3. The second-order valence-corrected chi connectivity index (χ2v) is 8.93. The Labute approximate surface area is 194 Å². The van der Waals surface area contributed by atoms with E-state index in [4.69, 9.17) is 9.47 Å². The Morgan fingerprint density at radius 2 is 1.79 bits per heavy atom. The molecule has 5 nitrogen and oxygen atoms in total. The summed E-state index contributed by atoms with van der Waals surface area (Å²) < 4.78 is 66.6. The molecular formula is C25H27F4NO4. The minimum atomic E-state index is -4.97. The average molecular weight is 481 g/mol. The fourth-order valence-corrected chi connectivity index (χ4v) is 4.24. The van der Waals surface area contributed by atoms with Gasteiger partial charge in [0.1, 0.15) is 11.6 Å². The van der Waals surface area contributed by atoms with Gasteiger partial charge in [-0.3, -0.25) is 0 Å². The monoisotopic (exact) mass is 481 g/mol. The van der Waals surface area contributed by atoms with Crippen LogP contribution in [0, 0.1) is 5.82 Å². The number of fused-ring (bicyclic) bond motifs is 1. The number of nitrogens with one attached hydrogen (secondary N) is 1. The van der Waals surface area contributed by atoms with Crippen LogP contribution in [-0.2, 0) is 16.6 Å². The number of aromatic nitrogens is 1. The molecule has 9 heteroatoms. The van der Waals surface area contributed by atoms with Crippen molar-refractivity contribution in [3.05, 3.63) is 65.1 Å². The predicted octanol–water partition coefficient (Wildman–Crippen LogP) is 5.70. The maximum atomic E-state index is 14.2. The summed E-state index contributed by atoms with van der Waals surface area (Å²) in [4.78, 5) is 14.8. The van der Waals surface area contributed by atoms with E-state index in [2.05, 4.69) is 4.98 Å². The highest BCUT2D eigenvalue weighted by Gasteiger charge is 2.56. The number of ether oxygens (including phenoxy) is 2. The number of esters is 1. The van der Waals surface area contributed by atoms with Gasteiger partial charge in [0.2, 0.25) is 0 Å². The first-order valence-electron chi connectivity index (χ1n) is 10.7. The van der Waals surface area contributed by atoms with Crippen molar-refractivity contribution in [3.8, 4) is 5.75 Å². The first-order chi connectivity index (χ1) is 15.8. The standard InChI is InChI=1S/C25H27F4NO4/c1-5-34-22(31)15-6-8-20-16(10-15)11-18(30-20)13-24(32,25(27,28)29)14-23(2,3)19-12-17(26)7-9-21(19)33-4/h6-12,30,32H,5,13-14H2,1-4H3. The van der Waals surface area contributed by atoms with E-state index in [1.54, 1.807) is 13.0 Å². The maximum absolute atomic E-state index is 14.2. The van der Waals surface area contributed by atoms with E-state index in [9.17, 15) is 27.5 Å². The van der Waals surface area contributed by atoms with Crippen molar-refractivity contribution in [1.82, 2.24) is 4.98 Å². The van der Waals surface area contributed by atoms with Crippen LogP contribution in [0.25, 0.3) is 10.9 Å². The molecule has 1 heterocycles. The quantitative estimate of drug-likeness (QED) is 0.320. The van der Waals surface area contributed by atoms with Crippen LogP contribution in [-0.4, -0.2) is 41.6 Å². The van der Waals surface area contributed by atoms with E-state index in [1.807, 2.05) is 0 Å². The highest BCUT2D eigenvalue weighted by atomic mass is 19.4. The molecule has 3 rings (SSSR count). The summed E-state index contributed by atoms with van der Waals surface area (Å²) in [5.41, 5.74) is -3.28. The molecule has 0 spiro atoms. The molecule has 0 aliphatic rings. The molecule has 2 aromatic carbocycles. The number of rotatable bonds is 8. The molecule has 1 aromatic heterocycles. The number of methoxy groups -OCH3 is 1. The number of carbonyl (C=O) groups is 1. The van der Waals surface area contributed by atoms with E-state index in [0.717, 1.165) is 12.1 Å². The zero-order chi connectivity index (χ0) is 25.3. The number of carbonyl (C=O) groups excluding carboxylic acids is 1. The van der Waals surface area contributed by atoms with Gasteiger partial charge in [-0.15, -0.1) is 0 Å². The van der Waals surface area contributed by atoms with Gasteiger partial charge >= 0.3 is 12.1 Å². The van der Waals surface area contributed by atoms with Crippen LogP contribution in [0.4, 0.5) is 17.6 Å². The van der Waals surface area contributed by atoms with Gasteiger partial charge in [0.15, 0.2) is 5.60 Å². The number of hydrogen-bond acceptors (Lipinski definition) is 4. The Balaban J connectivity index is 1.96. The van der Waals surface area contributed by atoms with Crippen molar-refractivity contribution < 1.29 is 36.9 Å². The van der Waals surface area contributed by atoms with Crippen LogP contribution in [0.1, 0.15) is 48.8 Å². The van der Waals surface area contributed by atoms with Gasteiger partial charge in [-0.25, -0.2) is 9.18 Å². The Kier molecular flexibility index (Phi) is 6.98. The van der Waals surface area contributed by atoms with E-state index >= 15 is 0 Å². The molecule has 1 atom stereocenters. The van der Waals surface area contributed by atoms with Crippen molar-refractivity contribution in [2.75, 3.05) is 13.7 Å². The van der Waals surface area contributed by atoms with Gasteiger partial charge in [0.05, 0.1) is 19.3 Å². The fraction of sp³-hybridized carbons (Fsp3) is 0.400. The second-order valence-electron chi connectivity index (χ2n) is 8.93. The summed E-state index contributed by atoms with van der Waals surface area (Å²) in [6.45, 7) is 4.86. The Bertz CT molecular complexity index is 1190. The normalized spacial score (nSPS) is 14.1. The number of hydrogen-bond donors (Lipinski definition) is 2. The maximum Gasteiger partial charge on any atom is 0.417 e. The third-order valence-electron chi connectivity index (χ3n) is 5.82. The highest BCUT2D eigenvalue weighted by Crippen LogP contribution is 2.45. The van der Waals surface area contributed by atoms with E-state index in [1.165, 1.54) is 45.2 Å². The lowest BCUT2D eigenvalue weighted by Crippen LogP contribution is -2.51. The smallest absolute Gasteiger partial charge is 0.417 e. The van der Waals surface area contributed by atoms with Crippen LogP contribution in [0.5, 0.6) is 5.75 Å². The topological polar surface area (TPSA) is 71.6 Å². The molecule has 1 unspecified atom stereocenters. The first-order valence-corrected chi connectivity index (χ1v) is 10.7. The summed E-state index contributed by atoms with van der Waals surface area (Å²) in [6.07, 6.45) is -6.48. The lowest BCUT2D eigenvalue weighted by molar-refractivity contribution is -0.266. The van der Waals surface area contributed by atoms with Crippen LogP contribution >= 0.6 is 0 Å². The Morgan fingerprint density at radius 3 is 2.41 bits per heavy atom. The lowest BCUT2D eigenvalue weighted by atomic mass is 9.73. The van der Waals surface area contributed by atoms with Gasteiger partial charge in [-0.05, 0) is 61.2 Å². The molecule has 2 N–H and O–H groups in total. The predicted molar refractivity (Wildman–Crippen MR) is 120 cm³/mol. The van der Waals surface area contributed by atoms with E-state index in [0.29, 0.717) is 10.9 Å². The molecule has 34 heavy (non-hydrogen) atoms. The third-order valence-corrected chi connectivity index (χ3v) is 5.82. The summed E-state index contributed by atoms with van der Waals surface area (Å²) in [5, 5.41) is 11.4. The first kappa shape index (κ1) is 25.6. The molecule has 0 aliphatic heterocycles. The highest BCUT2D eigenvalue weighted by molar-refractivity contribution is 5.94. The van der Waals surface area contributed by atoms with Crippen molar-refractivity contribution in [3.63, 3.8) is 0 Å². The molecule has 0 fully saturated rings. The molecule has 0 saturated heterocycles. The molecule has 3 aromatic rings. The zero-order valence-electron chi connectivity index (χ0n) is 19.3. The van der Waals surface area contributed by atoms with Gasteiger partial charge in [-0.2, -0.15) is 13.2 Å². The van der Waals surface area contributed by atoms with Crippen LogP contribution in [0.3, 0.4) is 0 Å². The summed E-state index contributed by atoms with van der Waals surface area (Å²) >= 11 is 0. The average Bonchev–Trinajstić information content (AvgIpc) is 3.13. The molecule has 0 saturated carbocycles. The number of H-pyrrole nitrogens is 1. The Morgan fingerprint density at radius 1 is 1.09 bits per heavy atom. The van der Waals surface area contributed by atoms with Crippen molar-refractivity contribution >= 4 is 16.9 Å². The summed E-state index contributed by atoms with van der Waals surface area (Å²) in [7, 11) is 1.35. The molecule has 0 radical (unpaired) electrons. The fourth-order valence-electron chi connectivity index (χ4n) is 4.24. The van der Waals surface area contributed by atoms with E-state index in [-0.39, 0.29) is 29.2 Å². The minimum absolute atomic E-state index is 0.137. The van der Waals surface area contributed by atoms with E-state index < -0.39 is 41.8 Å². The van der Waals surface area contributed by atoms with Gasteiger partial charge < -0.3 is 19.6 Å². The van der Waals surface area contributed by atoms with Crippen molar-refractivity contribution in [2.24, 2.45) is 0 Å². The van der Waals surface area contributed by atoms with Gasteiger partial charge in [-0.1, -0.05) is 13.8 Å². The van der Waals surface area contributed by atoms with Crippen molar-refractivity contribution in [1.29, 1.82) is 0 Å². The second kappa shape index (κ2) is 9.29.